The Morgan fingerprint density at radius 2 is 1.89 bits per heavy atom. The molecule has 0 amide bonds. The summed E-state index contributed by atoms with van der Waals surface area (Å²) in [6, 6.07) is 0. The third-order valence-corrected chi connectivity index (χ3v) is 2.09. The molecule has 0 aliphatic carbocycles. The van der Waals surface area contributed by atoms with Gasteiger partial charge in [0.15, 0.2) is 5.84 Å². The predicted octanol–water partition coefficient (Wildman–Crippen LogP) is 0.878. The Kier molecular flexibility index (Phi) is 2.86. The molecular formula is C12H14N4O2. The van der Waals surface area contributed by atoms with Gasteiger partial charge in [-0.15, -0.1) is 0 Å². The van der Waals surface area contributed by atoms with Crippen molar-refractivity contribution < 1.29 is 9.53 Å². The number of ether oxygens (including phenoxy) is 1. The van der Waals surface area contributed by atoms with E-state index in [4.69, 9.17) is 10.5 Å². The summed E-state index contributed by atoms with van der Waals surface area (Å²) in [7, 11) is 0. The number of nitrogens with zero attached hydrogens (tertiary/aromatic N) is 3. The van der Waals surface area contributed by atoms with Crippen LogP contribution < -0.4 is 5.73 Å². The first kappa shape index (κ1) is 12.2. The minimum Gasteiger partial charge on any atom is -0.457 e. The number of carbonyl (C=O) groups excluding carboxylic acids is 1. The molecule has 0 fully saturated rings. The molecule has 0 atom stereocenters. The quantitative estimate of drug-likeness (QED) is 0.586. The van der Waals surface area contributed by atoms with E-state index in [2.05, 4.69) is 15.0 Å². The molecule has 0 aromatic carbocycles. The smallest absolute Gasteiger partial charge is 0.333 e. The molecule has 0 saturated carbocycles. The lowest BCUT2D eigenvalue weighted by Crippen LogP contribution is -2.22. The van der Waals surface area contributed by atoms with Crippen LogP contribution in [-0.4, -0.2) is 27.4 Å². The number of esters is 1. The van der Waals surface area contributed by atoms with Gasteiger partial charge in [-0.3, -0.25) is 4.98 Å². The molecule has 6 nitrogen and oxygen atoms in total. The van der Waals surface area contributed by atoms with Crippen LogP contribution in [0.2, 0.25) is 0 Å². The Bertz CT molecular complexity index is 555. The molecule has 1 aromatic heterocycles. The van der Waals surface area contributed by atoms with Gasteiger partial charge in [-0.05, 0) is 20.8 Å². The first-order valence-corrected chi connectivity index (χ1v) is 5.47. The van der Waals surface area contributed by atoms with Gasteiger partial charge in [0.25, 0.3) is 0 Å². The first-order chi connectivity index (χ1) is 8.37. The normalized spacial score (nSPS) is 16.4. The van der Waals surface area contributed by atoms with Gasteiger partial charge >= 0.3 is 5.97 Å². The van der Waals surface area contributed by atoms with E-state index in [1.165, 1.54) is 18.5 Å². The highest BCUT2D eigenvalue weighted by molar-refractivity contribution is 6.09. The largest absolute Gasteiger partial charge is 0.457 e. The van der Waals surface area contributed by atoms with Crippen molar-refractivity contribution in [1.29, 1.82) is 0 Å². The molecule has 1 aromatic rings. The summed E-state index contributed by atoms with van der Waals surface area (Å²) >= 11 is 0. The molecule has 1 aliphatic heterocycles. The zero-order chi connectivity index (χ0) is 13.3. The zero-order valence-corrected chi connectivity index (χ0v) is 10.5. The van der Waals surface area contributed by atoms with E-state index in [0.717, 1.165) is 0 Å². The summed E-state index contributed by atoms with van der Waals surface area (Å²) in [5, 5.41) is 0. The van der Waals surface area contributed by atoms with E-state index in [1.807, 2.05) is 0 Å². The standard InChI is InChI=1S/C12H14N4O2/c1-12(2,3)18-8(17)6-7-9-10(11(13)16-7)15-5-4-14-9/h4-6H,1-3H3,(H2,13,16)/b7-6-. The second kappa shape index (κ2) is 4.21. The van der Waals surface area contributed by atoms with Crippen LogP contribution in [0.1, 0.15) is 32.2 Å². The number of fused-ring (bicyclic) bond motifs is 1. The Morgan fingerprint density at radius 1 is 1.28 bits per heavy atom. The average Bonchev–Trinajstić information content (AvgIpc) is 2.54. The van der Waals surface area contributed by atoms with E-state index < -0.39 is 11.6 Å². The van der Waals surface area contributed by atoms with Crippen molar-refractivity contribution in [1.82, 2.24) is 9.97 Å². The summed E-state index contributed by atoms with van der Waals surface area (Å²) in [6.45, 7) is 5.39. The number of aromatic nitrogens is 2. The maximum Gasteiger partial charge on any atom is 0.333 e. The van der Waals surface area contributed by atoms with Crippen molar-refractivity contribution in [3.8, 4) is 0 Å². The lowest BCUT2D eigenvalue weighted by molar-refractivity contribution is -0.148. The number of hydrogen-bond acceptors (Lipinski definition) is 6. The first-order valence-electron chi connectivity index (χ1n) is 5.47. The van der Waals surface area contributed by atoms with Crippen molar-refractivity contribution in [3.63, 3.8) is 0 Å². The molecule has 2 rings (SSSR count). The number of amidine groups is 1. The fourth-order valence-corrected chi connectivity index (χ4v) is 1.49. The second-order valence-corrected chi connectivity index (χ2v) is 4.81. The summed E-state index contributed by atoms with van der Waals surface area (Å²) in [5.41, 5.74) is 6.52. The van der Waals surface area contributed by atoms with Crippen LogP contribution in [-0.2, 0) is 9.53 Å². The molecular weight excluding hydrogens is 232 g/mol. The lowest BCUT2D eigenvalue weighted by atomic mass is 10.2. The fraction of sp³-hybridized carbons (Fsp3) is 0.333. The minimum atomic E-state index is -0.548. The highest BCUT2D eigenvalue weighted by Crippen LogP contribution is 2.23. The van der Waals surface area contributed by atoms with Gasteiger partial charge in [-0.1, -0.05) is 0 Å². The van der Waals surface area contributed by atoms with Crippen LogP contribution in [0.15, 0.2) is 23.5 Å². The van der Waals surface area contributed by atoms with Gasteiger partial charge in [0.1, 0.15) is 22.7 Å². The molecule has 2 heterocycles. The Balaban J connectivity index is 2.29. The van der Waals surface area contributed by atoms with Crippen LogP contribution in [0.3, 0.4) is 0 Å². The second-order valence-electron chi connectivity index (χ2n) is 4.81. The van der Waals surface area contributed by atoms with Crippen molar-refractivity contribution >= 4 is 17.5 Å². The Hall–Kier alpha value is -2.24. The van der Waals surface area contributed by atoms with Crippen molar-refractivity contribution in [2.24, 2.45) is 10.7 Å². The van der Waals surface area contributed by atoms with Crippen LogP contribution in [0.25, 0.3) is 5.70 Å². The molecule has 0 bridgehead atoms. The SMILES string of the molecule is CC(C)(C)OC(=O)/C=C1\N=C(N)c2nccnc21. The number of hydrogen-bond donors (Lipinski definition) is 1. The van der Waals surface area contributed by atoms with E-state index in [0.29, 0.717) is 17.1 Å². The molecule has 18 heavy (non-hydrogen) atoms. The monoisotopic (exact) mass is 246 g/mol. The minimum absolute atomic E-state index is 0.257. The van der Waals surface area contributed by atoms with Crippen molar-refractivity contribution in [2.45, 2.75) is 26.4 Å². The molecule has 94 valence electrons. The molecule has 6 heteroatoms. The highest BCUT2D eigenvalue weighted by Gasteiger charge is 2.23. The van der Waals surface area contributed by atoms with E-state index in [1.54, 1.807) is 20.8 Å². The molecule has 0 spiro atoms. The van der Waals surface area contributed by atoms with E-state index in [9.17, 15) is 4.79 Å². The third-order valence-electron chi connectivity index (χ3n) is 2.09. The van der Waals surface area contributed by atoms with Crippen LogP contribution in [0.4, 0.5) is 0 Å². The van der Waals surface area contributed by atoms with Crippen LogP contribution in [0, 0.1) is 0 Å². The number of carbonyl (C=O) groups is 1. The molecule has 0 radical (unpaired) electrons. The lowest BCUT2D eigenvalue weighted by Gasteiger charge is -2.18. The zero-order valence-electron chi connectivity index (χ0n) is 10.5. The van der Waals surface area contributed by atoms with Crippen LogP contribution in [0.5, 0.6) is 0 Å². The van der Waals surface area contributed by atoms with Gasteiger partial charge in [0.2, 0.25) is 0 Å². The van der Waals surface area contributed by atoms with Crippen molar-refractivity contribution in [3.05, 3.63) is 29.9 Å². The van der Waals surface area contributed by atoms with Gasteiger partial charge in [-0.25, -0.2) is 14.8 Å². The highest BCUT2D eigenvalue weighted by atomic mass is 16.6. The predicted molar refractivity (Wildman–Crippen MR) is 66.6 cm³/mol. The Morgan fingerprint density at radius 3 is 2.50 bits per heavy atom. The van der Waals surface area contributed by atoms with E-state index in [-0.39, 0.29) is 5.84 Å². The Labute approximate surface area is 105 Å². The molecule has 2 N–H and O–H groups in total. The van der Waals surface area contributed by atoms with Gasteiger partial charge < -0.3 is 10.5 Å². The van der Waals surface area contributed by atoms with Gasteiger partial charge in [0.05, 0.1) is 6.08 Å². The van der Waals surface area contributed by atoms with Crippen molar-refractivity contribution in [2.75, 3.05) is 0 Å². The topological polar surface area (TPSA) is 90.5 Å². The van der Waals surface area contributed by atoms with Crippen LogP contribution >= 0.6 is 0 Å². The maximum absolute atomic E-state index is 11.7. The summed E-state index contributed by atoms with van der Waals surface area (Å²) in [5.74, 6) is -0.222. The summed E-state index contributed by atoms with van der Waals surface area (Å²) in [6.07, 6.45) is 4.33. The number of aliphatic imine (C=N–C) groups is 1. The number of rotatable bonds is 1. The average molecular weight is 246 g/mol. The molecule has 1 aliphatic rings. The third kappa shape index (κ3) is 2.53. The van der Waals surface area contributed by atoms with Gasteiger partial charge in [-0.2, -0.15) is 0 Å². The molecule has 0 unspecified atom stereocenters. The fourth-order valence-electron chi connectivity index (χ4n) is 1.49. The summed E-state index contributed by atoms with van der Waals surface area (Å²) in [4.78, 5) is 23.9. The maximum atomic E-state index is 11.7. The molecule has 0 saturated heterocycles. The summed E-state index contributed by atoms with van der Waals surface area (Å²) < 4.78 is 5.18. The van der Waals surface area contributed by atoms with E-state index >= 15 is 0 Å². The number of nitrogens with two attached hydrogens (primary N) is 1. The van der Waals surface area contributed by atoms with Gasteiger partial charge in [0, 0.05) is 12.4 Å².